The maximum absolute atomic E-state index is 16.2. The number of nitrogens with zero attached hydrogens (tertiary/aromatic N) is 2. The predicted octanol–water partition coefficient (Wildman–Crippen LogP) is 3.57. The van der Waals surface area contributed by atoms with E-state index < -0.39 is 33.7 Å². The van der Waals surface area contributed by atoms with Crippen molar-refractivity contribution in [2.45, 2.75) is 37.9 Å². The van der Waals surface area contributed by atoms with E-state index in [2.05, 4.69) is 14.7 Å². The van der Waals surface area contributed by atoms with Gasteiger partial charge in [0, 0.05) is 11.0 Å². The quantitative estimate of drug-likeness (QED) is 0.586. The summed E-state index contributed by atoms with van der Waals surface area (Å²) in [5, 5.41) is 0. The van der Waals surface area contributed by atoms with E-state index in [4.69, 9.17) is 0 Å². The summed E-state index contributed by atoms with van der Waals surface area (Å²) in [5.74, 6) is -0.461. The van der Waals surface area contributed by atoms with Gasteiger partial charge < -0.3 is 9.88 Å². The molecule has 10 heteroatoms. The van der Waals surface area contributed by atoms with Crippen molar-refractivity contribution < 1.29 is 22.0 Å². The summed E-state index contributed by atoms with van der Waals surface area (Å²) >= 11 is 0. The highest BCUT2D eigenvalue weighted by atomic mass is 32.2. The van der Waals surface area contributed by atoms with Crippen molar-refractivity contribution >= 4 is 32.7 Å². The van der Waals surface area contributed by atoms with Crippen LogP contribution in [0.2, 0.25) is 0 Å². The van der Waals surface area contributed by atoms with E-state index in [0.29, 0.717) is 11.3 Å². The Bertz CT molecular complexity index is 1270. The molecule has 2 N–H and O–H groups in total. The summed E-state index contributed by atoms with van der Waals surface area (Å²) in [6, 6.07) is 11.1. The van der Waals surface area contributed by atoms with Crippen LogP contribution < -0.4 is 9.62 Å². The Kier molecular flexibility index (Phi) is 5.33. The van der Waals surface area contributed by atoms with Crippen molar-refractivity contribution in [2.24, 2.45) is 5.41 Å². The largest absolute Gasteiger partial charge is 0.341 e. The number of fused-ring (bicyclic) bond motifs is 2. The topological polar surface area (TPSA) is 95.2 Å². The summed E-state index contributed by atoms with van der Waals surface area (Å²) in [7, 11) is -4.04. The number of nitrogens with one attached hydrogen (secondary N) is 2. The molecular weight excluding hydrogens is 438 g/mol. The van der Waals surface area contributed by atoms with E-state index in [9.17, 15) is 17.6 Å². The van der Waals surface area contributed by atoms with Crippen LogP contribution in [0.1, 0.15) is 32.2 Å². The van der Waals surface area contributed by atoms with Crippen LogP contribution in [0, 0.1) is 5.41 Å². The van der Waals surface area contributed by atoms with Crippen LogP contribution in [-0.4, -0.2) is 37.5 Å². The second-order valence-electron chi connectivity index (χ2n) is 8.76. The summed E-state index contributed by atoms with van der Waals surface area (Å²) in [6.45, 7) is 3.41. The van der Waals surface area contributed by atoms with Gasteiger partial charge >= 0.3 is 0 Å². The third-order valence-corrected chi connectivity index (χ3v) is 7.09. The summed E-state index contributed by atoms with van der Waals surface area (Å²) in [4.78, 5) is 21.1. The zero-order chi connectivity index (χ0) is 23.3. The van der Waals surface area contributed by atoms with E-state index in [1.165, 1.54) is 12.1 Å². The lowest BCUT2D eigenvalue weighted by molar-refractivity contribution is -0.136. The van der Waals surface area contributed by atoms with Crippen LogP contribution >= 0.6 is 0 Å². The molecule has 32 heavy (non-hydrogen) atoms. The first-order valence-corrected chi connectivity index (χ1v) is 11.6. The number of para-hydroxylation sites is 2. The third kappa shape index (κ3) is 3.47. The van der Waals surface area contributed by atoms with Crippen molar-refractivity contribution in [1.29, 1.82) is 0 Å². The van der Waals surface area contributed by atoms with Gasteiger partial charge in [0.15, 0.2) is 0 Å². The highest BCUT2D eigenvalue weighted by molar-refractivity contribution is 7.89. The van der Waals surface area contributed by atoms with Crippen LogP contribution in [0.25, 0.3) is 11.0 Å². The highest BCUT2D eigenvalue weighted by Gasteiger charge is 2.59. The molecule has 0 bridgehead atoms. The standard InChI is InChI=1S/C22H24F2N4O3S/c1-21(2,3)22(24)15-12-14(8-9-18(15)28(11-10-23)20(22)29)32(30,31)25-13-19-26-16-6-4-5-7-17(16)27-19/h4-9,12,25H,10-11,13H2,1-3H3,(H,26,27). The van der Waals surface area contributed by atoms with Gasteiger partial charge in [0.05, 0.1) is 34.7 Å². The van der Waals surface area contributed by atoms with Gasteiger partial charge in [0.2, 0.25) is 15.7 Å². The molecule has 1 aliphatic heterocycles. The Morgan fingerprint density at radius 1 is 1.19 bits per heavy atom. The molecule has 1 amide bonds. The number of amides is 1. The van der Waals surface area contributed by atoms with Gasteiger partial charge in [-0.25, -0.2) is 26.9 Å². The van der Waals surface area contributed by atoms with E-state index in [1.807, 2.05) is 18.2 Å². The SMILES string of the molecule is CC(C)(C)C1(F)C(=O)N(CCF)c2ccc(S(=O)(=O)NCc3nc4ccccc4[nH]3)cc21. The number of carbonyl (C=O) groups excluding carboxylic acids is 1. The molecule has 2 aromatic carbocycles. The van der Waals surface area contributed by atoms with E-state index in [-0.39, 0.29) is 29.2 Å². The lowest BCUT2D eigenvalue weighted by Crippen LogP contribution is -2.46. The van der Waals surface area contributed by atoms with Crippen LogP contribution in [0.15, 0.2) is 47.4 Å². The van der Waals surface area contributed by atoms with Crippen molar-refractivity contribution in [1.82, 2.24) is 14.7 Å². The molecule has 1 atom stereocenters. The second-order valence-corrected chi connectivity index (χ2v) is 10.5. The van der Waals surface area contributed by atoms with Crippen molar-refractivity contribution in [3.8, 4) is 0 Å². The van der Waals surface area contributed by atoms with Gasteiger partial charge in [-0.15, -0.1) is 0 Å². The highest BCUT2D eigenvalue weighted by Crippen LogP contribution is 2.53. The molecule has 0 fully saturated rings. The average molecular weight is 463 g/mol. The van der Waals surface area contributed by atoms with Crippen LogP contribution in [0.5, 0.6) is 0 Å². The molecule has 4 rings (SSSR count). The molecule has 7 nitrogen and oxygen atoms in total. The fourth-order valence-corrected chi connectivity index (χ4v) is 4.99. The monoisotopic (exact) mass is 462 g/mol. The van der Waals surface area contributed by atoms with Gasteiger partial charge in [0.1, 0.15) is 12.5 Å². The lowest BCUT2D eigenvalue weighted by Gasteiger charge is -2.33. The Morgan fingerprint density at radius 2 is 1.91 bits per heavy atom. The fraction of sp³-hybridized carbons (Fsp3) is 0.364. The second kappa shape index (κ2) is 7.63. The first kappa shape index (κ1) is 22.3. The van der Waals surface area contributed by atoms with Crippen molar-refractivity contribution in [2.75, 3.05) is 18.1 Å². The zero-order valence-corrected chi connectivity index (χ0v) is 18.8. The number of carbonyl (C=O) groups is 1. The van der Waals surface area contributed by atoms with Crippen molar-refractivity contribution in [3.63, 3.8) is 0 Å². The number of aromatic nitrogens is 2. The normalized spacial score (nSPS) is 19.0. The Labute approximate surface area is 184 Å². The summed E-state index contributed by atoms with van der Waals surface area (Å²) in [5.41, 5.74) is -2.07. The van der Waals surface area contributed by atoms with E-state index in [1.54, 1.807) is 26.8 Å². The summed E-state index contributed by atoms with van der Waals surface area (Å²) < 4.78 is 57.5. The number of sulfonamides is 1. The van der Waals surface area contributed by atoms with Gasteiger partial charge in [-0.3, -0.25) is 4.79 Å². The minimum absolute atomic E-state index is 0.0740. The maximum Gasteiger partial charge on any atom is 0.270 e. The Hall–Kier alpha value is -2.85. The molecule has 0 aliphatic carbocycles. The Balaban J connectivity index is 1.68. The number of H-pyrrole nitrogens is 1. The molecule has 3 aromatic rings. The third-order valence-electron chi connectivity index (χ3n) is 5.69. The number of alkyl halides is 2. The summed E-state index contributed by atoms with van der Waals surface area (Å²) in [6.07, 6.45) is 0. The number of aromatic amines is 1. The molecule has 170 valence electrons. The number of benzene rings is 2. The molecule has 0 saturated heterocycles. The molecule has 0 radical (unpaired) electrons. The number of halogens is 2. The molecule has 0 spiro atoms. The number of anilines is 1. The van der Waals surface area contributed by atoms with Crippen LogP contribution in [0.4, 0.5) is 14.5 Å². The van der Waals surface area contributed by atoms with E-state index >= 15 is 4.39 Å². The minimum Gasteiger partial charge on any atom is -0.341 e. The molecule has 1 aliphatic rings. The molecule has 1 unspecified atom stereocenters. The molecule has 0 saturated carbocycles. The number of hydrogen-bond acceptors (Lipinski definition) is 4. The van der Waals surface area contributed by atoms with Gasteiger partial charge in [-0.1, -0.05) is 32.9 Å². The molecular formula is C22H24F2N4O3S. The first-order valence-electron chi connectivity index (χ1n) is 10.1. The van der Waals surface area contributed by atoms with Gasteiger partial charge in [-0.2, -0.15) is 0 Å². The van der Waals surface area contributed by atoms with Crippen LogP contribution in [0.3, 0.4) is 0 Å². The van der Waals surface area contributed by atoms with E-state index in [0.717, 1.165) is 16.5 Å². The number of rotatable bonds is 6. The fourth-order valence-electron chi connectivity index (χ4n) is 3.97. The average Bonchev–Trinajstić information content (AvgIpc) is 3.25. The molecule has 1 aromatic heterocycles. The van der Waals surface area contributed by atoms with Crippen molar-refractivity contribution in [3.05, 3.63) is 53.9 Å². The lowest BCUT2D eigenvalue weighted by atomic mass is 9.74. The number of hydrogen-bond donors (Lipinski definition) is 2. The Morgan fingerprint density at radius 3 is 2.56 bits per heavy atom. The smallest absolute Gasteiger partial charge is 0.270 e. The zero-order valence-electron chi connectivity index (χ0n) is 17.9. The van der Waals surface area contributed by atoms with Crippen LogP contribution in [-0.2, 0) is 27.0 Å². The maximum atomic E-state index is 16.2. The number of imidazole rings is 1. The minimum atomic E-state index is -4.04. The molecule has 2 heterocycles. The van der Waals surface area contributed by atoms with Gasteiger partial charge in [-0.05, 0) is 30.3 Å². The predicted molar refractivity (Wildman–Crippen MR) is 117 cm³/mol. The first-order chi connectivity index (χ1) is 15.0. The van der Waals surface area contributed by atoms with Gasteiger partial charge in [0.25, 0.3) is 5.91 Å².